The van der Waals surface area contributed by atoms with E-state index in [1.807, 2.05) is 59.7 Å². The first-order valence-electron chi connectivity index (χ1n) is 13.3. The molecule has 192 valence electrons. The average molecular weight is 499 g/mol. The van der Waals surface area contributed by atoms with E-state index in [9.17, 15) is 4.79 Å². The molecular formula is C31H34N2O4. The second kappa shape index (κ2) is 9.75. The van der Waals surface area contributed by atoms with Gasteiger partial charge >= 0.3 is 5.97 Å². The maximum atomic E-state index is 13.0. The van der Waals surface area contributed by atoms with Crippen molar-refractivity contribution in [3.8, 4) is 11.5 Å². The van der Waals surface area contributed by atoms with Crippen molar-refractivity contribution in [3.63, 3.8) is 0 Å². The van der Waals surface area contributed by atoms with E-state index in [0.717, 1.165) is 48.7 Å². The quantitative estimate of drug-likeness (QED) is 0.432. The lowest BCUT2D eigenvalue weighted by Crippen LogP contribution is -2.61. The number of piperidine rings is 1. The third-order valence-corrected chi connectivity index (χ3v) is 8.69. The Bertz CT molecular complexity index is 1290. The first-order chi connectivity index (χ1) is 18.1. The van der Waals surface area contributed by atoms with E-state index in [4.69, 9.17) is 14.3 Å². The van der Waals surface area contributed by atoms with Crippen molar-refractivity contribution in [2.75, 3.05) is 26.1 Å². The molecule has 3 aromatic carbocycles. The van der Waals surface area contributed by atoms with Gasteiger partial charge in [-0.2, -0.15) is 0 Å². The fourth-order valence-corrected chi connectivity index (χ4v) is 7.02. The summed E-state index contributed by atoms with van der Waals surface area (Å²) < 4.78 is 11.5. The Kier molecular flexibility index (Phi) is 6.29. The number of anilines is 2. The van der Waals surface area contributed by atoms with E-state index in [1.54, 1.807) is 14.2 Å². The minimum atomic E-state index is -0.275. The Morgan fingerprint density at radius 3 is 2.51 bits per heavy atom. The van der Waals surface area contributed by atoms with Crippen LogP contribution in [0.1, 0.15) is 53.6 Å². The fourth-order valence-electron chi connectivity index (χ4n) is 7.02. The number of fused-ring (bicyclic) bond motifs is 1. The van der Waals surface area contributed by atoms with Crippen LogP contribution < -0.4 is 14.8 Å². The lowest BCUT2D eigenvalue weighted by atomic mass is 9.52. The Morgan fingerprint density at radius 2 is 1.70 bits per heavy atom. The van der Waals surface area contributed by atoms with E-state index >= 15 is 0 Å². The molecule has 0 radical (unpaired) electrons. The highest BCUT2D eigenvalue weighted by molar-refractivity contribution is 5.89. The van der Waals surface area contributed by atoms with Crippen LogP contribution in [0.2, 0.25) is 0 Å². The predicted molar refractivity (Wildman–Crippen MR) is 144 cm³/mol. The maximum Gasteiger partial charge on any atom is 0.357 e. The Morgan fingerprint density at radius 1 is 0.919 bits per heavy atom. The van der Waals surface area contributed by atoms with Crippen molar-refractivity contribution in [1.82, 2.24) is 5.06 Å². The van der Waals surface area contributed by atoms with Gasteiger partial charge in [0.25, 0.3) is 0 Å². The molecular weight excluding hydrogens is 464 g/mol. The number of hydrogen-bond donors (Lipinski definition) is 1. The van der Waals surface area contributed by atoms with Crippen LogP contribution in [-0.2, 0) is 16.7 Å². The van der Waals surface area contributed by atoms with Crippen LogP contribution >= 0.6 is 0 Å². The number of nitrogens with one attached hydrogen (secondary N) is 1. The molecule has 1 heterocycles. The third-order valence-electron chi connectivity index (χ3n) is 8.69. The Labute approximate surface area is 218 Å². The van der Waals surface area contributed by atoms with Crippen molar-refractivity contribution in [3.05, 3.63) is 83.4 Å². The molecule has 6 heteroatoms. The van der Waals surface area contributed by atoms with Crippen LogP contribution in [-0.4, -0.2) is 37.8 Å². The molecule has 2 aliphatic carbocycles. The molecule has 1 aliphatic heterocycles. The van der Waals surface area contributed by atoms with Gasteiger partial charge in [-0.1, -0.05) is 43.2 Å². The first-order valence-corrected chi connectivity index (χ1v) is 13.3. The van der Waals surface area contributed by atoms with Crippen molar-refractivity contribution in [2.45, 2.75) is 50.0 Å². The van der Waals surface area contributed by atoms with Crippen LogP contribution in [0.4, 0.5) is 11.4 Å². The number of para-hydroxylation sites is 2. The number of ether oxygens (including phenoxy) is 2. The Balaban J connectivity index is 1.36. The number of nitrogens with zero attached hydrogens (tertiary/aromatic N) is 1. The lowest BCUT2D eigenvalue weighted by molar-refractivity contribution is -0.190. The van der Waals surface area contributed by atoms with E-state index in [2.05, 4.69) is 17.4 Å². The molecule has 3 aromatic rings. The molecule has 0 aromatic heterocycles. The van der Waals surface area contributed by atoms with Crippen LogP contribution in [0.15, 0.2) is 66.7 Å². The van der Waals surface area contributed by atoms with E-state index in [1.165, 1.54) is 30.4 Å². The normalized spacial score (nSPS) is 24.4. The largest absolute Gasteiger partial charge is 0.495 e. The van der Waals surface area contributed by atoms with Crippen molar-refractivity contribution in [2.24, 2.45) is 5.92 Å². The SMILES string of the molecule is COc1ccccc1Nc1cc2c(cc1OC)[C@]13CCCC[C@@H]1[C@H](C2)N(OC(=O)c1ccccc1)CC3. The van der Waals surface area contributed by atoms with Gasteiger partial charge in [-0.15, -0.1) is 5.06 Å². The number of rotatable bonds is 6. The molecule has 0 spiro atoms. The van der Waals surface area contributed by atoms with E-state index in [-0.39, 0.29) is 17.4 Å². The molecule has 1 N–H and O–H groups in total. The predicted octanol–water partition coefficient (Wildman–Crippen LogP) is 6.28. The zero-order chi connectivity index (χ0) is 25.4. The number of carbonyl (C=O) groups excluding carboxylic acids is 1. The van der Waals surface area contributed by atoms with E-state index in [0.29, 0.717) is 11.5 Å². The smallest absolute Gasteiger partial charge is 0.357 e. The van der Waals surface area contributed by atoms with Crippen molar-refractivity contribution < 1.29 is 19.1 Å². The van der Waals surface area contributed by atoms with Gasteiger partial charge in [0.05, 0.1) is 37.2 Å². The van der Waals surface area contributed by atoms with Crippen molar-refractivity contribution >= 4 is 17.3 Å². The molecule has 1 saturated heterocycles. The number of carbonyl (C=O) groups is 1. The topological polar surface area (TPSA) is 60.0 Å². The number of benzene rings is 3. The van der Waals surface area contributed by atoms with Crippen LogP contribution in [0.3, 0.4) is 0 Å². The summed E-state index contributed by atoms with van der Waals surface area (Å²) in [7, 11) is 3.42. The van der Waals surface area contributed by atoms with Crippen molar-refractivity contribution in [1.29, 1.82) is 0 Å². The van der Waals surface area contributed by atoms with Gasteiger partial charge < -0.3 is 19.6 Å². The van der Waals surface area contributed by atoms with Gasteiger partial charge in [0.2, 0.25) is 0 Å². The van der Waals surface area contributed by atoms with Gasteiger partial charge in [-0.05, 0) is 79.1 Å². The summed E-state index contributed by atoms with van der Waals surface area (Å²) >= 11 is 0. The molecule has 37 heavy (non-hydrogen) atoms. The lowest BCUT2D eigenvalue weighted by Gasteiger charge is -2.58. The second-order valence-electron chi connectivity index (χ2n) is 10.5. The second-order valence-corrected chi connectivity index (χ2v) is 10.5. The van der Waals surface area contributed by atoms with Gasteiger partial charge in [0.1, 0.15) is 11.5 Å². The summed E-state index contributed by atoms with van der Waals surface area (Å²) in [5.41, 5.74) is 5.23. The third kappa shape index (κ3) is 4.13. The van der Waals surface area contributed by atoms with E-state index < -0.39 is 0 Å². The number of hydrogen-bond acceptors (Lipinski definition) is 6. The molecule has 0 amide bonds. The molecule has 1 saturated carbocycles. The summed E-state index contributed by atoms with van der Waals surface area (Å²) in [6.45, 7) is 0.753. The zero-order valence-electron chi connectivity index (χ0n) is 21.5. The molecule has 2 bridgehead atoms. The minimum absolute atomic E-state index is 0.0996. The number of hydroxylamine groups is 2. The fraction of sp³-hybridized carbons (Fsp3) is 0.387. The molecule has 6 rings (SSSR count). The first kappa shape index (κ1) is 23.9. The molecule has 3 aliphatic rings. The van der Waals surface area contributed by atoms with Gasteiger partial charge in [-0.25, -0.2) is 4.79 Å². The highest BCUT2D eigenvalue weighted by Crippen LogP contribution is 2.57. The van der Waals surface area contributed by atoms with Crippen LogP contribution in [0.25, 0.3) is 0 Å². The highest BCUT2D eigenvalue weighted by Gasteiger charge is 2.55. The zero-order valence-corrected chi connectivity index (χ0v) is 21.5. The molecule has 6 nitrogen and oxygen atoms in total. The van der Waals surface area contributed by atoms with Crippen LogP contribution in [0, 0.1) is 5.92 Å². The Hall–Kier alpha value is -3.51. The van der Waals surface area contributed by atoms with Gasteiger partial charge in [-0.3, -0.25) is 0 Å². The average Bonchev–Trinajstić information content (AvgIpc) is 2.95. The molecule has 2 fully saturated rings. The molecule has 3 atom stereocenters. The summed E-state index contributed by atoms with van der Waals surface area (Å²) in [6.07, 6.45) is 6.61. The summed E-state index contributed by atoms with van der Waals surface area (Å²) in [6, 6.07) is 21.9. The summed E-state index contributed by atoms with van der Waals surface area (Å²) in [5, 5.41) is 5.53. The van der Waals surface area contributed by atoms with Crippen LogP contribution in [0.5, 0.6) is 11.5 Å². The standard InChI is InChI=1S/C31H34N2O4/c1-35-28-14-7-6-13-25(28)32-26-18-22-19-27-23-12-8-9-15-31(23,24(22)20-29(26)36-2)16-17-33(27)37-30(34)21-10-4-3-5-11-21/h3-7,10-11,13-14,18,20,23,27,32H,8-9,12,15-17,19H2,1-2H3/t23-,27+,31+/m1/s1. The maximum absolute atomic E-state index is 13.0. The van der Waals surface area contributed by atoms with Gasteiger partial charge in [0, 0.05) is 12.0 Å². The highest BCUT2D eigenvalue weighted by atomic mass is 16.7. The monoisotopic (exact) mass is 498 g/mol. The summed E-state index contributed by atoms with van der Waals surface area (Å²) in [5.74, 6) is 1.82. The van der Waals surface area contributed by atoms with Gasteiger partial charge in [0.15, 0.2) is 0 Å². The minimum Gasteiger partial charge on any atom is -0.495 e. The summed E-state index contributed by atoms with van der Waals surface area (Å²) in [4.78, 5) is 19.0. The molecule has 0 unspecified atom stereocenters. The number of methoxy groups -OCH3 is 2.